The molecule has 0 rings (SSSR count). The van der Waals surface area contributed by atoms with Crippen LogP contribution in [-0.4, -0.2) is 47.4 Å². The highest BCUT2D eigenvalue weighted by atomic mass is 16.5. The lowest BCUT2D eigenvalue weighted by atomic mass is 10.0. The van der Waals surface area contributed by atoms with Crippen LogP contribution in [0.4, 0.5) is 0 Å². The average molecular weight is 1120 g/mol. The molecule has 3 N–H and O–H groups in total. The van der Waals surface area contributed by atoms with Gasteiger partial charge in [-0.15, -0.1) is 0 Å². The average Bonchev–Trinajstić information content (AvgIpc) is 3.46. The second-order valence-corrected chi connectivity index (χ2v) is 24.6. The summed E-state index contributed by atoms with van der Waals surface area (Å²) in [5.41, 5.74) is 0. The van der Waals surface area contributed by atoms with Crippen molar-refractivity contribution in [3.05, 3.63) is 48.6 Å². The Hall–Kier alpha value is -2.18. The number of esters is 1. The zero-order valence-electron chi connectivity index (χ0n) is 53.8. The molecule has 470 valence electrons. The third-order valence-corrected chi connectivity index (χ3v) is 16.6. The zero-order valence-corrected chi connectivity index (χ0v) is 53.8. The van der Waals surface area contributed by atoms with Crippen molar-refractivity contribution in [1.82, 2.24) is 5.32 Å². The maximum Gasteiger partial charge on any atom is 0.305 e. The highest BCUT2D eigenvalue weighted by molar-refractivity contribution is 5.76. The third kappa shape index (κ3) is 65.0. The lowest BCUT2D eigenvalue weighted by molar-refractivity contribution is -0.143. The van der Waals surface area contributed by atoms with Gasteiger partial charge in [-0.3, -0.25) is 9.59 Å². The third-order valence-electron chi connectivity index (χ3n) is 16.6. The van der Waals surface area contributed by atoms with Crippen molar-refractivity contribution in [3.8, 4) is 0 Å². The summed E-state index contributed by atoms with van der Waals surface area (Å²) in [4.78, 5) is 24.6. The van der Waals surface area contributed by atoms with Gasteiger partial charge in [-0.1, -0.05) is 332 Å². The lowest BCUT2D eigenvalue weighted by Crippen LogP contribution is -2.45. The number of hydrogen-bond donors (Lipinski definition) is 3. The van der Waals surface area contributed by atoms with Crippen molar-refractivity contribution < 1.29 is 24.5 Å². The van der Waals surface area contributed by atoms with E-state index in [1.807, 2.05) is 6.08 Å². The van der Waals surface area contributed by atoms with Gasteiger partial charge in [0.1, 0.15) is 0 Å². The van der Waals surface area contributed by atoms with Gasteiger partial charge in [0.25, 0.3) is 0 Å². The molecule has 0 aromatic heterocycles. The Morgan fingerprint density at radius 3 is 0.975 bits per heavy atom. The summed E-state index contributed by atoms with van der Waals surface area (Å²) in [6.07, 6.45) is 90.4. The molecular weight excluding hydrogens is 983 g/mol. The first-order valence-corrected chi connectivity index (χ1v) is 35.9. The Kier molecular flexibility index (Phi) is 67.4. The van der Waals surface area contributed by atoms with Gasteiger partial charge >= 0.3 is 5.97 Å². The molecule has 6 nitrogen and oxygen atoms in total. The zero-order chi connectivity index (χ0) is 57.8. The number of amides is 1. The van der Waals surface area contributed by atoms with E-state index in [2.05, 4.69) is 55.6 Å². The maximum absolute atomic E-state index is 12.5. The topological polar surface area (TPSA) is 95.9 Å². The van der Waals surface area contributed by atoms with Crippen LogP contribution in [0.1, 0.15) is 386 Å². The van der Waals surface area contributed by atoms with Gasteiger partial charge in [0.15, 0.2) is 0 Å². The van der Waals surface area contributed by atoms with Gasteiger partial charge in [-0.25, -0.2) is 0 Å². The molecule has 0 aliphatic rings. The van der Waals surface area contributed by atoms with E-state index in [4.69, 9.17) is 4.74 Å². The van der Waals surface area contributed by atoms with E-state index in [1.165, 1.54) is 308 Å². The molecule has 0 saturated heterocycles. The number of rotatable bonds is 67. The Morgan fingerprint density at radius 1 is 0.350 bits per heavy atom. The number of aliphatic hydroxyl groups excluding tert-OH is 2. The summed E-state index contributed by atoms with van der Waals surface area (Å²) in [6.45, 7) is 4.91. The van der Waals surface area contributed by atoms with Gasteiger partial charge in [-0.2, -0.15) is 0 Å². The minimum absolute atomic E-state index is 0.00682. The van der Waals surface area contributed by atoms with Crippen molar-refractivity contribution in [2.24, 2.45) is 0 Å². The number of hydrogen-bond acceptors (Lipinski definition) is 5. The molecule has 0 bridgehead atoms. The van der Waals surface area contributed by atoms with E-state index in [0.29, 0.717) is 19.4 Å². The molecule has 0 radical (unpaired) electrons. The monoisotopic (exact) mass is 1120 g/mol. The molecule has 0 aromatic carbocycles. The predicted octanol–water partition coefficient (Wildman–Crippen LogP) is 23.3. The van der Waals surface area contributed by atoms with Crippen molar-refractivity contribution in [1.29, 1.82) is 0 Å². The number of aliphatic hydroxyl groups is 2. The van der Waals surface area contributed by atoms with E-state index in [0.717, 1.165) is 51.4 Å². The maximum atomic E-state index is 12.5. The lowest BCUT2D eigenvalue weighted by Gasteiger charge is -2.20. The molecule has 0 saturated carbocycles. The van der Waals surface area contributed by atoms with E-state index in [-0.39, 0.29) is 18.5 Å². The van der Waals surface area contributed by atoms with Crippen LogP contribution < -0.4 is 5.32 Å². The Bertz CT molecular complexity index is 1340. The first kappa shape index (κ1) is 77.8. The molecule has 1 amide bonds. The fourth-order valence-electron chi connectivity index (χ4n) is 11.1. The molecule has 0 spiro atoms. The Morgan fingerprint density at radius 2 is 0.625 bits per heavy atom. The van der Waals surface area contributed by atoms with Gasteiger partial charge in [0, 0.05) is 12.8 Å². The van der Waals surface area contributed by atoms with Crippen molar-refractivity contribution in [2.75, 3.05) is 13.2 Å². The summed E-state index contributed by atoms with van der Waals surface area (Å²) in [6, 6.07) is -0.631. The smallest absolute Gasteiger partial charge is 0.305 e. The quantitative estimate of drug-likeness (QED) is 0.0320. The van der Waals surface area contributed by atoms with Crippen LogP contribution in [0.3, 0.4) is 0 Å². The molecular formula is C74H139NO5. The summed E-state index contributed by atoms with van der Waals surface area (Å²) in [5, 5.41) is 23.2. The summed E-state index contributed by atoms with van der Waals surface area (Å²) >= 11 is 0. The van der Waals surface area contributed by atoms with Crippen molar-refractivity contribution in [2.45, 2.75) is 398 Å². The highest BCUT2D eigenvalue weighted by Gasteiger charge is 2.18. The minimum Gasteiger partial charge on any atom is -0.466 e. The summed E-state index contributed by atoms with van der Waals surface area (Å²) in [5.74, 6) is -0.0603. The minimum atomic E-state index is -0.847. The molecule has 0 aromatic rings. The molecule has 80 heavy (non-hydrogen) atoms. The molecule has 6 heteroatoms. The summed E-state index contributed by atoms with van der Waals surface area (Å²) < 4.78 is 5.50. The first-order valence-electron chi connectivity index (χ1n) is 35.9. The highest BCUT2D eigenvalue weighted by Crippen LogP contribution is 2.18. The molecule has 2 atom stereocenters. The predicted molar refractivity (Wildman–Crippen MR) is 352 cm³/mol. The molecule has 0 aliphatic carbocycles. The number of nitrogens with one attached hydrogen (secondary N) is 1. The molecule has 0 aliphatic heterocycles. The van der Waals surface area contributed by atoms with Crippen LogP contribution in [0, 0.1) is 0 Å². The van der Waals surface area contributed by atoms with E-state index < -0.39 is 12.1 Å². The van der Waals surface area contributed by atoms with Gasteiger partial charge < -0.3 is 20.3 Å². The van der Waals surface area contributed by atoms with Crippen LogP contribution in [0.15, 0.2) is 48.6 Å². The Balaban J connectivity index is 3.41. The van der Waals surface area contributed by atoms with Crippen LogP contribution in [-0.2, 0) is 14.3 Å². The van der Waals surface area contributed by atoms with Gasteiger partial charge in [0.2, 0.25) is 5.91 Å². The van der Waals surface area contributed by atoms with Crippen LogP contribution in [0.2, 0.25) is 0 Å². The summed E-state index contributed by atoms with van der Waals surface area (Å²) in [7, 11) is 0. The van der Waals surface area contributed by atoms with Crippen LogP contribution >= 0.6 is 0 Å². The first-order chi connectivity index (χ1) is 39.5. The van der Waals surface area contributed by atoms with Crippen molar-refractivity contribution in [3.63, 3.8) is 0 Å². The number of allylic oxidation sites excluding steroid dienone is 7. The molecule has 0 fully saturated rings. The molecule has 2 unspecified atom stereocenters. The van der Waals surface area contributed by atoms with E-state index >= 15 is 0 Å². The second-order valence-electron chi connectivity index (χ2n) is 24.6. The largest absolute Gasteiger partial charge is 0.466 e. The van der Waals surface area contributed by atoms with Gasteiger partial charge in [0.05, 0.1) is 25.4 Å². The fraction of sp³-hybridized carbons (Fsp3) is 0.865. The number of unbranched alkanes of at least 4 members (excludes halogenated alkanes) is 50. The molecule has 0 heterocycles. The van der Waals surface area contributed by atoms with E-state index in [9.17, 15) is 19.8 Å². The SMILES string of the molecule is CCCCCC/C=C\C/C=C\CCCCCCCCCC(=O)OCCCCCCCCCCCCCC/C=C\CCCCCCCCCCCCC(=O)NC(CO)C(O)/C=C/CCCCCCCCCCCCCCCCCCC. The number of carbonyl (C=O) groups is 2. The van der Waals surface area contributed by atoms with Crippen LogP contribution in [0.25, 0.3) is 0 Å². The van der Waals surface area contributed by atoms with E-state index in [1.54, 1.807) is 6.08 Å². The second kappa shape index (κ2) is 69.3. The van der Waals surface area contributed by atoms with Gasteiger partial charge in [-0.05, 0) is 89.9 Å². The van der Waals surface area contributed by atoms with Crippen molar-refractivity contribution >= 4 is 11.9 Å². The Labute approximate surface area is 499 Å². The fourth-order valence-corrected chi connectivity index (χ4v) is 11.1. The van der Waals surface area contributed by atoms with Crippen LogP contribution in [0.5, 0.6) is 0 Å². The number of ether oxygens (including phenoxy) is 1. The number of carbonyl (C=O) groups excluding carboxylic acids is 2. The standard InChI is InChI=1S/C74H139NO5/c1-3-5-7-9-11-13-15-17-19-21-31-34-38-42-46-50-54-58-62-66-72(77)71(70-76)75-73(78)67-63-59-55-51-47-43-39-35-32-29-27-25-23-24-26-28-30-33-37-41-45-49-53-57-61-65-69-80-74(79)68-64-60-56-52-48-44-40-36-22-20-18-16-14-12-10-8-6-4-2/h14,16,20,22-23,25,62,66,71-72,76-77H,3-13,15,17-19,21,24,26-61,63-65,67-70H2,1-2H3,(H,75,78)/b16-14-,22-20-,25-23-,66-62+. The normalized spacial score (nSPS) is 12.8.